The van der Waals surface area contributed by atoms with Gasteiger partial charge in [0.15, 0.2) is 0 Å². The molecule has 0 spiro atoms. The predicted octanol–water partition coefficient (Wildman–Crippen LogP) is 1.63. The van der Waals surface area contributed by atoms with E-state index >= 15 is 0 Å². The van der Waals surface area contributed by atoms with Crippen LogP contribution in [-0.4, -0.2) is 24.3 Å². The Morgan fingerprint density at radius 2 is 1.83 bits per heavy atom. The zero-order valence-electron chi connectivity index (χ0n) is 12.5. The van der Waals surface area contributed by atoms with E-state index in [9.17, 15) is 14.4 Å². The van der Waals surface area contributed by atoms with Crippen LogP contribution in [0.15, 0.2) is 36.4 Å². The number of nitrogens with one attached hydrogen (secondary N) is 1. The van der Waals surface area contributed by atoms with Crippen LogP contribution >= 0.6 is 11.3 Å². The largest absolute Gasteiger partial charge is 0.460 e. The van der Waals surface area contributed by atoms with Gasteiger partial charge in [0.2, 0.25) is 5.91 Å². The smallest absolute Gasteiger partial charge is 0.325 e. The molecule has 2 amide bonds. The number of carbonyl (C=O) groups excluding carboxylic acids is 3. The fourth-order valence-electron chi connectivity index (χ4n) is 1.78. The van der Waals surface area contributed by atoms with Crippen LogP contribution in [0.25, 0.3) is 0 Å². The number of thiophene rings is 1. The molecule has 0 aliphatic heterocycles. The van der Waals surface area contributed by atoms with Gasteiger partial charge in [-0.15, -0.1) is 11.3 Å². The molecule has 1 aromatic heterocycles. The van der Waals surface area contributed by atoms with E-state index in [4.69, 9.17) is 10.5 Å². The molecule has 0 unspecified atom stereocenters. The van der Waals surface area contributed by atoms with Crippen molar-refractivity contribution in [3.05, 3.63) is 57.3 Å². The van der Waals surface area contributed by atoms with Crippen LogP contribution in [0.1, 0.15) is 30.5 Å². The van der Waals surface area contributed by atoms with Gasteiger partial charge in [-0.1, -0.05) is 12.1 Å². The molecular formula is C16H16N2O4S. The first kappa shape index (κ1) is 16.7. The van der Waals surface area contributed by atoms with Crippen LogP contribution < -0.4 is 11.1 Å². The topological polar surface area (TPSA) is 98.5 Å². The Hall–Kier alpha value is -2.67. The van der Waals surface area contributed by atoms with Crippen molar-refractivity contribution >= 4 is 29.1 Å². The van der Waals surface area contributed by atoms with Gasteiger partial charge in [-0.25, -0.2) is 0 Å². The maximum absolute atomic E-state index is 11.8. The van der Waals surface area contributed by atoms with Crippen LogP contribution in [0.4, 0.5) is 0 Å². The third kappa shape index (κ3) is 4.93. The number of benzene rings is 1. The van der Waals surface area contributed by atoms with Crippen molar-refractivity contribution < 1.29 is 19.1 Å². The molecule has 1 aromatic carbocycles. The minimum atomic E-state index is -0.536. The number of esters is 1. The summed E-state index contributed by atoms with van der Waals surface area (Å²) in [5.41, 5.74) is 6.25. The van der Waals surface area contributed by atoms with Crippen molar-refractivity contribution in [1.29, 1.82) is 0 Å². The zero-order chi connectivity index (χ0) is 16.8. The maximum Gasteiger partial charge on any atom is 0.325 e. The van der Waals surface area contributed by atoms with Crippen LogP contribution in [0.5, 0.6) is 0 Å². The van der Waals surface area contributed by atoms with Gasteiger partial charge in [-0.2, -0.15) is 0 Å². The molecule has 2 rings (SSSR count). The molecule has 0 saturated carbocycles. The summed E-state index contributed by atoms with van der Waals surface area (Å²) in [5.74, 6) is -1.35. The van der Waals surface area contributed by atoms with E-state index in [-0.39, 0.29) is 19.1 Å². The van der Waals surface area contributed by atoms with Gasteiger partial charge < -0.3 is 15.8 Å². The number of aryl methyl sites for hydroxylation is 1. The minimum Gasteiger partial charge on any atom is -0.460 e. The number of nitrogens with two attached hydrogens (primary N) is 1. The molecule has 1 heterocycles. The van der Waals surface area contributed by atoms with E-state index in [1.807, 2.05) is 13.0 Å². The number of primary amides is 1. The third-order valence-electron chi connectivity index (χ3n) is 3.00. The Morgan fingerprint density at radius 1 is 1.13 bits per heavy atom. The molecule has 0 aliphatic carbocycles. The molecule has 0 fully saturated rings. The molecule has 2 aromatic rings. The highest BCUT2D eigenvalue weighted by Crippen LogP contribution is 2.14. The molecule has 6 nitrogen and oxygen atoms in total. The molecule has 0 saturated heterocycles. The van der Waals surface area contributed by atoms with Crippen LogP contribution in [0.3, 0.4) is 0 Å². The second kappa shape index (κ2) is 7.55. The first-order valence-electron chi connectivity index (χ1n) is 6.84. The highest BCUT2D eigenvalue weighted by Gasteiger charge is 2.10. The monoisotopic (exact) mass is 332 g/mol. The van der Waals surface area contributed by atoms with Crippen molar-refractivity contribution in [1.82, 2.24) is 5.32 Å². The Bertz CT molecular complexity index is 722. The van der Waals surface area contributed by atoms with Gasteiger partial charge in [0.1, 0.15) is 13.2 Å². The molecule has 3 N–H and O–H groups in total. The first-order valence-corrected chi connectivity index (χ1v) is 7.66. The normalized spacial score (nSPS) is 10.1. The fourth-order valence-corrected chi connectivity index (χ4v) is 2.56. The lowest BCUT2D eigenvalue weighted by Gasteiger charge is -2.06. The predicted molar refractivity (Wildman–Crippen MR) is 86.1 cm³/mol. The Morgan fingerprint density at radius 3 is 2.39 bits per heavy atom. The maximum atomic E-state index is 11.8. The van der Waals surface area contributed by atoms with Crippen molar-refractivity contribution in [3.63, 3.8) is 0 Å². The second-order valence-corrected chi connectivity index (χ2v) is 6.10. The quantitative estimate of drug-likeness (QED) is 0.785. The average molecular weight is 332 g/mol. The number of hydrogen-bond acceptors (Lipinski definition) is 5. The molecular weight excluding hydrogens is 316 g/mol. The van der Waals surface area contributed by atoms with Gasteiger partial charge in [0, 0.05) is 10.4 Å². The van der Waals surface area contributed by atoms with E-state index in [1.165, 1.54) is 11.3 Å². The molecule has 7 heteroatoms. The number of hydrogen-bond donors (Lipinski definition) is 2. The SMILES string of the molecule is Cc1ccc(C(=O)NCC(=O)OCc2ccc(C(N)=O)cc2)s1. The lowest BCUT2D eigenvalue weighted by Crippen LogP contribution is -2.30. The van der Waals surface area contributed by atoms with Crippen molar-refractivity contribution in [2.24, 2.45) is 5.73 Å². The summed E-state index contributed by atoms with van der Waals surface area (Å²) in [6, 6.07) is 9.98. The van der Waals surface area contributed by atoms with E-state index in [0.717, 1.165) is 10.4 Å². The van der Waals surface area contributed by atoms with Crippen LogP contribution in [-0.2, 0) is 16.1 Å². The summed E-state index contributed by atoms with van der Waals surface area (Å²) < 4.78 is 5.05. The fraction of sp³-hybridized carbons (Fsp3) is 0.188. The Labute approximate surface area is 137 Å². The van der Waals surface area contributed by atoms with E-state index in [1.54, 1.807) is 30.3 Å². The summed E-state index contributed by atoms with van der Waals surface area (Å²) in [5, 5.41) is 2.51. The molecule has 23 heavy (non-hydrogen) atoms. The molecule has 0 radical (unpaired) electrons. The second-order valence-electron chi connectivity index (χ2n) is 4.81. The highest BCUT2D eigenvalue weighted by molar-refractivity contribution is 7.13. The number of ether oxygens (including phenoxy) is 1. The average Bonchev–Trinajstić information content (AvgIpc) is 2.97. The number of carbonyl (C=O) groups is 3. The highest BCUT2D eigenvalue weighted by atomic mass is 32.1. The van der Waals surface area contributed by atoms with Gasteiger partial charge in [-0.05, 0) is 36.8 Å². The summed E-state index contributed by atoms with van der Waals surface area (Å²) in [4.78, 5) is 35.9. The lowest BCUT2D eigenvalue weighted by molar-refractivity contribution is -0.143. The van der Waals surface area contributed by atoms with Crippen molar-refractivity contribution in [3.8, 4) is 0 Å². The number of rotatable bonds is 6. The van der Waals surface area contributed by atoms with Gasteiger partial charge in [-0.3, -0.25) is 14.4 Å². The third-order valence-corrected chi connectivity index (χ3v) is 4.00. The van der Waals surface area contributed by atoms with E-state index in [0.29, 0.717) is 10.4 Å². The Balaban J connectivity index is 1.76. The van der Waals surface area contributed by atoms with Crippen LogP contribution in [0, 0.1) is 6.92 Å². The van der Waals surface area contributed by atoms with Gasteiger partial charge >= 0.3 is 5.97 Å². The van der Waals surface area contributed by atoms with Crippen molar-refractivity contribution in [2.75, 3.05) is 6.54 Å². The van der Waals surface area contributed by atoms with Gasteiger partial charge in [0.25, 0.3) is 5.91 Å². The molecule has 0 aliphatic rings. The van der Waals surface area contributed by atoms with E-state index < -0.39 is 11.9 Å². The number of amides is 2. The summed E-state index contributed by atoms with van der Waals surface area (Å²) in [6.45, 7) is 1.76. The molecule has 0 bridgehead atoms. The van der Waals surface area contributed by atoms with E-state index in [2.05, 4.69) is 5.32 Å². The standard InChI is InChI=1S/C16H16N2O4S/c1-10-2-7-13(23-10)16(21)18-8-14(19)22-9-11-3-5-12(6-4-11)15(17)20/h2-7H,8-9H2,1H3,(H2,17,20)(H,18,21). The minimum absolute atomic E-state index is 0.0614. The zero-order valence-corrected chi connectivity index (χ0v) is 13.3. The Kier molecular flexibility index (Phi) is 5.48. The van der Waals surface area contributed by atoms with Crippen LogP contribution in [0.2, 0.25) is 0 Å². The van der Waals surface area contributed by atoms with Gasteiger partial charge in [0.05, 0.1) is 4.88 Å². The van der Waals surface area contributed by atoms with Crippen molar-refractivity contribution in [2.45, 2.75) is 13.5 Å². The first-order chi connectivity index (χ1) is 11.0. The molecule has 120 valence electrons. The summed E-state index contributed by atoms with van der Waals surface area (Å²) in [7, 11) is 0. The lowest BCUT2D eigenvalue weighted by atomic mass is 10.1. The summed E-state index contributed by atoms with van der Waals surface area (Å²) in [6.07, 6.45) is 0. The summed E-state index contributed by atoms with van der Waals surface area (Å²) >= 11 is 1.36. The molecule has 0 atom stereocenters.